The zero-order valence-electron chi connectivity index (χ0n) is 12.1. The molecule has 0 unspecified atom stereocenters. The number of piperidine rings is 1. The Labute approximate surface area is 133 Å². The molecule has 1 aliphatic heterocycles. The molecule has 2 rings (SSSR count). The van der Waals surface area contributed by atoms with E-state index in [1.807, 2.05) is 30.0 Å². The number of aryl methyl sites for hydroxylation is 1. The molecule has 5 nitrogen and oxygen atoms in total. The van der Waals surface area contributed by atoms with Crippen molar-refractivity contribution in [3.8, 4) is 0 Å². The SMILES string of the molecule is Cc1ccc(C(=O)NC2CCN(CC(N)=O)CC2)c(Br)c1. The van der Waals surface area contributed by atoms with E-state index < -0.39 is 0 Å². The fourth-order valence-electron chi connectivity index (χ4n) is 2.52. The number of nitrogens with zero attached hydrogens (tertiary/aromatic N) is 1. The first-order chi connectivity index (χ1) is 9.95. The number of likely N-dealkylation sites (tertiary alicyclic amines) is 1. The normalized spacial score (nSPS) is 16.7. The van der Waals surface area contributed by atoms with Crippen LogP contribution in [0.3, 0.4) is 0 Å². The molecular weight excluding hydrogens is 334 g/mol. The number of carbonyl (C=O) groups excluding carboxylic acids is 2. The molecule has 1 aliphatic rings. The highest BCUT2D eigenvalue weighted by Crippen LogP contribution is 2.19. The maximum absolute atomic E-state index is 12.3. The molecule has 1 aromatic carbocycles. The summed E-state index contributed by atoms with van der Waals surface area (Å²) in [5, 5.41) is 3.06. The quantitative estimate of drug-likeness (QED) is 0.859. The standard InChI is InChI=1S/C15H20BrN3O2/c1-10-2-3-12(13(16)8-10)15(21)18-11-4-6-19(7-5-11)9-14(17)20/h2-3,8,11H,4-7,9H2,1H3,(H2,17,20)(H,18,21). The predicted molar refractivity (Wildman–Crippen MR) is 85.0 cm³/mol. The maximum atomic E-state index is 12.3. The summed E-state index contributed by atoms with van der Waals surface area (Å²) in [5.41, 5.74) is 6.95. The van der Waals surface area contributed by atoms with E-state index in [0.29, 0.717) is 12.1 Å². The van der Waals surface area contributed by atoms with Gasteiger partial charge in [0.1, 0.15) is 0 Å². The second-order valence-corrected chi connectivity index (χ2v) is 6.33. The molecule has 1 fully saturated rings. The van der Waals surface area contributed by atoms with Crippen LogP contribution in [0.2, 0.25) is 0 Å². The Bertz CT molecular complexity index is 540. The van der Waals surface area contributed by atoms with Gasteiger partial charge in [-0.15, -0.1) is 0 Å². The summed E-state index contributed by atoms with van der Waals surface area (Å²) in [6.45, 7) is 3.84. The minimum absolute atomic E-state index is 0.0600. The molecule has 3 N–H and O–H groups in total. The van der Waals surface area contributed by atoms with Gasteiger partial charge in [-0.2, -0.15) is 0 Å². The third-order valence-corrected chi connectivity index (χ3v) is 4.33. The molecule has 1 heterocycles. The molecule has 21 heavy (non-hydrogen) atoms. The predicted octanol–water partition coefficient (Wildman–Crippen LogP) is 1.44. The molecular formula is C15H20BrN3O2. The lowest BCUT2D eigenvalue weighted by Gasteiger charge is -2.31. The number of hydrogen-bond donors (Lipinski definition) is 2. The average Bonchev–Trinajstić information content (AvgIpc) is 2.40. The van der Waals surface area contributed by atoms with Gasteiger partial charge in [0, 0.05) is 23.6 Å². The first kappa shape index (κ1) is 16.0. The Morgan fingerprint density at radius 1 is 1.38 bits per heavy atom. The Kier molecular flexibility index (Phi) is 5.36. The van der Waals surface area contributed by atoms with E-state index in [2.05, 4.69) is 21.2 Å². The van der Waals surface area contributed by atoms with E-state index in [9.17, 15) is 9.59 Å². The smallest absolute Gasteiger partial charge is 0.252 e. The van der Waals surface area contributed by atoms with Gasteiger partial charge in [0.15, 0.2) is 0 Å². The topological polar surface area (TPSA) is 75.4 Å². The van der Waals surface area contributed by atoms with Crippen molar-refractivity contribution < 1.29 is 9.59 Å². The number of carbonyl (C=O) groups is 2. The fourth-order valence-corrected chi connectivity index (χ4v) is 3.20. The Hall–Kier alpha value is -1.40. The number of benzene rings is 1. The van der Waals surface area contributed by atoms with Crippen LogP contribution >= 0.6 is 15.9 Å². The molecule has 0 atom stereocenters. The van der Waals surface area contributed by atoms with Gasteiger partial charge in [0.2, 0.25) is 5.91 Å². The molecule has 1 aromatic rings. The first-order valence-corrected chi connectivity index (χ1v) is 7.82. The Balaban J connectivity index is 1.88. The van der Waals surface area contributed by atoms with Gasteiger partial charge >= 0.3 is 0 Å². The van der Waals surface area contributed by atoms with E-state index in [1.54, 1.807) is 0 Å². The zero-order chi connectivity index (χ0) is 15.4. The van der Waals surface area contributed by atoms with Crippen LogP contribution in [0.4, 0.5) is 0 Å². The highest BCUT2D eigenvalue weighted by atomic mass is 79.9. The van der Waals surface area contributed by atoms with Crippen LogP contribution in [0.5, 0.6) is 0 Å². The number of amides is 2. The highest BCUT2D eigenvalue weighted by molar-refractivity contribution is 9.10. The van der Waals surface area contributed by atoms with E-state index in [4.69, 9.17) is 5.73 Å². The van der Waals surface area contributed by atoms with Gasteiger partial charge in [-0.05, 0) is 53.4 Å². The van der Waals surface area contributed by atoms with Crippen molar-refractivity contribution in [1.82, 2.24) is 10.2 Å². The van der Waals surface area contributed by atoms with Gasteiger partial charge in [-0.25, -0.2) is 0 Å². The number of nitrogens with one attached hydrogen (secondary N) is 1. The number of halogens is 1. The number of hydrogen-bond acceptors (Lipinski definition) is 3. The van der Waals surface area contributed by atoms with Crippen LogP contribution in [0, 0.1) is 6.92 Å². The summed E-state index contributed by atoms with van der Waals surface area (Å²) in [4.78, 5) is 25.2. The molecule has 2 amide bonds. The molecule has 0 saturated carbocycles. The maximum Gasteiger partial charge on any atom is 0.252 e. The van der Waals surface area contributed by atoms with Crippen LogP contribution in [0.25, 0.3) is 0 Å². The summed E-state index contributed by atoms with van der Waals surface area (Å²) in [5.74, 6) is -0.365. The molecule has 0 spiro atoms. The second-order valence-electron chi connectivity index (χ2n) is 5.47. The van der Waals surface area contributed by atoms with Crippen molar-refractivity contribution in [2.45, 2.75) is 25.8 Å². The van der Waals surface area contributed by atoms with Crippen molar-refractivity contribution >= 4 is 27.7 Å². The van der Waals surface area contributed by atoms with Gasteiger partial charge in [0.25, 0.3) is 5.91 Å². The molecule has 0 radical (unpaired) electrons. The zero-order valence-corrected chi connectivity index (χ0v) is 13.6. The minimum atomic E-state index is -0.305. The van der Waals surface area contributed by atoms with Crippen LogP contribution in [-0.2, 0) is 4.79 Å². The summed E-state index contributed by atoms with van der Waals surface area (Å²) in [6, 6.07) is 5.84. The minimum Gasteiger partial charge on any atom is -0.369 e. The van der Waals surface area contributed by atoms with Gasteiger partial charge < -0.3 is 11.1 Å². The summed E-state index contributed by atoms with van der Waals surface area (Å²) in [7, 11) is 0. The number of nitrogens with two attached hydrogens (primary N) is 1. The average molecular weight is 354 g/mol. The van der Waals surface area contributed by atoms with Gasteiger partial charge in [-0.1, -0.05) is 6.07 Å². The largest absolute Gasteiger partial charge is 0.369 e. The van der Waals surface area contributed by atoms with Crippen molar-refractivity contribution in [3.05, 3.63) is 33.8 Å². The number of rotatable bonds is 4. The lowest BCUT2D eigenvalue weighted by Crippen LogP contribution is -2.46. The highest BCUT2D eigenvalue weighted by Gasteiger charge is 2.22. The van der Waals surface area contributed by atoms with Crippen LogP contribution in [-0.4, -0.2) is 42.4 Å². The summed E-state index contributed by atoms with van der Waals surface area (Å²) >= 11 is 3.43. The van der Waals surface area contributed by atoms with E-state index >= 15 is 0 Å². The third-order valence-electron chi connectivity index (χ3n) is 3.67. The third kappa shape index (κ3) is 4.54. The molecule has 1 saturated heterocycles. The van der Waals surface area contributed by atoms with Crippen LogP contribution in [0.15, 0.2) is 22.7 Å². The van der Waals surface area contributed by atoms with Crippen LogP contribution in [0.1, 0.15) is 28.8 Å². The summed E-state index contributed by atoms with van der Waals surface area (Å²) in [6.07, 6.45) is 1.67. The van der Waals surface area contributed by atoms with Gasteiger partial charge in [-0.3, -0.25) is 14.5 Å². The lowest BCUT2D eigenvalue weighted by atomic mass is 10.0. The van der Waals surface area contributed by atoms with Gasteiger partial charge in [0.05, 0.1) is 12.1 Å². The fraction of sp³-hybridized carbons (Fsp3) is 0.467. The van der Waals surface area contributed by atoms with Crippen LogP contribution < -0.4 is 11.1 Å². The van der Waals surface area contributed by atoms with Crippen molar-refractivity contribution in [1.29, 1.82) is 0 Å². The Morgan fingerprint density at radius 2 is 2.05 bits per heavy atom. The number of primary amides is 1. The van der Waals surface area contributed by atoms with E-state index in [-0.39, 0.29) is 17.9 Å². The monoisotopic (exact) mass is 353 g/mol. The Morgan fingerprint density at radius 3 is 2.62 bits per heavy atom. The van der Waals surface area contributed by atoms with E-state index in [0.717, 1.165) is 36.0 Å². The molecule has 0 aromatic heterocycles. The second kappa shape index (κ2) is 7.04. The summed E-state index contributed by atoms with van der Waals surface area (Å²) < 4.78 is 0.811. The van der Waals surface area contributed by atoms with Crippen molar-refractivity contribution in [2.24, 2.45) is 5.73 Å². The molecule has 114 valence electrons. The van der Waals surface area contributed by atoms with Crippen molar-refractivity contribution in [3.63, 3.8) is 0 Å². The molecule has 0 bridgehead atoms. The first-order valence-electron chi connectivity index (χ1n) is 7.03. The van der Waals surface area contributed by atoms with E-state index in [1.165, 1.54) is 0 Å². The lowest BCUT2D eigenvalue weighted by molar-refractivity contribution is -0.119. The molecule has 6 heteroatoms. The van der Waals surface area contributed by atoms with Crippen molar-refractivity contribution in [2.75, 3.05) is 19.6 Å². The molecule has 0 aliphatic carbocycles.